The molecular formula is C29H31NO4. The first kappa shape index (κ1) is 23.6. The number of hydrogen-bond donors (Lipinski definition) is 0. The van der Waals surface area contributed by atoms with E-state index in [1.807, 2.05) is 54.6 Å². The molecule has 5 nitrogen and oxygen atoms in total. The molecule has 176 valence electrons. The van der Waals surface area contributed by atoms with E-state index in [2.05, 4.69) is 4.90 Å². The summed E-state index contributed by atoms with van der Waals surface area (Å²) in [6.07, 6.45) is 4.47. The van der Waals surface area contributed by atoms with Gasteiger partial charge in [0, 0.05) is 17.7 Å². The van der Waals surface area contributed by atoms with Crippen molar-refractivity contribution in [3.63, 3.8) is 0 Å². The standard InChI is InChI=1S/C29H31NO4/c1-32-25-11-5-22(6-12-25)21-28(29(31)24-9-13-26(33-2)14-10-24)23-7-15-27(16-8-23)34-20-19-30-17-3-4-18-30/h5-16,21H,3-4,17-20H2,1-2H3/b28-21+. The average molecular weight is 458 g/mol. The number of ether oxygens (including phenoxy) is 3. The van der Waals surface area contributed by atoms with E-state index in [0.717, 1.165) is 42.3 Å². The van der Waals surface area contributed by atoms with Crippen LogP contribution in [0.5, 0.6) is 17.2 Å². The number of nitrogens with zero attached hydrogens (tertiary/aromatic N) is 1. The topological polar surface area (TPSA) is 48.0 Å². The minimum absolute atomic E-state index is 0.0545. The van der Waals surface area contributed by atoms with Gasteiger partial charge in [-0.15, -0.1) is 0 Å². The van der Waals surface area contributed by atoms with Crippen molar-refractivity contribution >= 4 is 17.4 Å². The number of benzene rings is 3. The average Bonchev–Trinajstić information content (AvgIpc) is 3.41. The van der Waals surface area contributed by atoms with Crippen molar-refractivity contribution in [3.05, 3.63) is 89.5 Å². The van der Waals surface area contributed by atoms with E-state index in [4.69, 9.17) is 14.2 Å². The molecule has 34 heavy (non-hydrogen) atoms. The maximum Gasteiger partial charge on any atom is 0.193 e. The maximum atomic E-state index is 13.5. The summed E-state index contributed by atoms with van der Waals surface area (Å²) in [6, 6.07) is 22.6. The number of Topliss-reactive ketones (excluding diaryl/α,β-unsaturated/α-hetero) is 1. The monoisotopic (exact) mass is 457 g/mol. The third-order valence-corrected chi connectivity index (χ3v) is 6.06. The van der Waals surface area contributed by atoms with Crippen LogP contribution in [-0.4, -0.2) is 51.1 Å². The SMILES string of the molecule is COc1ccc(/C=C(/C(=O)c2ccc(OC)cc2)c2ccc(OCCN3CCCC3)cc2)cc1. The molecule has 0 saturated carbocycles. The Balaban J connectivity index is 1.56. The molecule has 0 aromatic heterocycles. The van der Waals surface area contributed by atoms with Gasteiger partial charge < -0.3 is 14.2 Å². The Hall–Kier alpha value is -3.57. The molecule has 0 spiro atoms. The molecule has 1 fully saturated rings. The minimum atomic E-state index is -0.0545. The maximum absolute atomic E-state index is 13.5. The van der Waals surface area contributed by atoms with Crippen LogP contribution in [0.4, 0.5) is 0 Å². The molecule has 0 N–H and O–H groups in total. The van der Waals surface area contributed by atoms with Crippen molar-refractivity contribution < 1.29 is 19.0 Å². The van der Waals surface area contributed by atoms with Gasteiger partial charge in [-0.2, -0.15) is 0 Å². The zero-order chi connectivity index (χ0) is 23.8. The van der Waals surface area contributed by atoms with Crippen LogP contribution in [0.1, 0.15) is 34.3 Å². The van der Waals surface area contributed by atoms with Crippen LogP contribution in [0.2, 0.25) is 0 Å². The van der Waals surface area contributed by atoms with Gasteiger partial charge in [0.2, 0.25) is 0 Å². The molecule has 4 rings (SSSR count). The molecule has 1 saturated heterocycles. The Morgan fingerprint density at radius 1 is 0.765 bits per heavy atom. The highest BCUT2D eigenvalue weighted by atomic mass is 16.5. The Kier molecular flexibility index (Phi) is 7.99. The molecule has 0 atom stereocenters. The van der Waals surface area contributed by atoms with Crippen molar-refractivity contribution in [2.24, 2.45) is 0 Å². The normalized spacial score (nSPS) is 14.1. The third kappa shape index (κ3) is 6.06. The summed E-state index contributed by atoms with van der Waals surface area (Å²) in [5.74, 6) is 2.24. The number of hydrogen-bond acceptors (Lipinski definition) is 5. The van der Waals surface area contributed by atoms with E-state index in [1.54, 1.807) is 38.5 Å². The van der Waals surface area contributed by atoms with Crippen LogP contribution < -0.4 is 14.2 Å². The number of likely N-dealkylation sites (tertiary alicyclic amines) is 1. The van der Waals surface area contributed by atoms with Gasteiger partial charge in [0.25, 0.3) is 0 Å². The lowest BCUT2D eigenvalue weighted by Crippen LogP contribution is -2.25. The van der Waals surface area contributed by atoms with Gasteiger partial charge >= 0.3 is 0 Å². The Morgan fingerprint density at radius 3 is 1.88 bits per heavy atom. The first-order valence-electron chi connectivity index (χ1n) is 11.7. The lowest BCUT2D eigenvalue weighted by atomic mass is 9.94. The molecule has 5 heteroatoms. The summed E-state index contributed by atoms with van der Waals surface area (Å²) in [7, 11) is 3.25. The minimum Gasteiger partial charge on any atom is -0.497 e. The van der Waals surface area contributed by atoms with Gasteiger partial charge in [-0.1, -0.05) is 24.3 Å². The molecule has 0 amide bonds. The molecular weight excluding hydrogens is 426 g/mol. The van der Waals surface area contributed by atoms with E-state index in [-0.39, 0.29) is 5.78 Å². The predicted molar refractivity (Wildman–Crippen MR) is 136 cm³/mol. The van der Waals surface area contributed by atoms with Crippen molar-refractivity contribution in [2.45, 2.75) is 12.8 Å². The molecule has 3 aromatic rings. The summed E-state index contributed by atoms with van der Waals surface area (Å²) < 4.78 is 16.4. The van der Waals surface area contributed by atoms with Gasteiger partial charge in [-0.05, 0) is 91.7 Å². The number of carbonyl (C=O) groups excluding carboxylic acids is 1. The Bertz CT molecular complexity index is 1100. The fourth-order valence-corrected chi connectivity index (χ4v) is 4.07. The van der Waals surface area contributed by atoms with Gasteiger partial charge in [-0.25, -0.2) is 0 Å². The van der Waals surface area contributed by atoms with Crippen molar-refractivity contribution in [1.82, 2.24) is 4.90 Å². The highest BCUT2D eigenvalue weighted by molar-refractivity contribution is 6.32. The second-order valence-electron chi connectivity index (χ2n) is 8.31. The Morgan fingerprint density at radius 2 is 1.29 bits per heavy atom. The van der Waals surface area contributed by atoms with E-state index in [9.17, 15) is 4.79 Å². The summed E-state index contributed by atoms with van der Waals surface area (Å²) >= 11 is 0. The van der Waals surface area contributed by atoms with Crippen LogP contribution in [0.15, 0.2) is 72.8 Å². The van der Waals surface area contributed by atoms with Crippen LogP contribution in [0, 0.1) is 0 Å². The van der Waals surface area contributed by atoms with Gasteiger partial charge in [0.15, 0.2) is 5.78 Å². The van der Waals surface area contributed by atoms with E-state index < -0.39 is 0 Å². The smallest absolute Gasteiger partial charge is 0.193 e. The molecule has 0 unspecified atom stereocenters. The van der Waals surface area contributed by atoms with Crippen molar-refractivity contribution in [1.29, 1.82) is 0 Å². The predicted octanol–water partition coefficient (Wildman–Crippen LogP) is 5.60. The van der Waals surface area contributed by atoms with Crippen LogP contribution in [0.3, 0.4) is 0 Å². The third-order valence-electron chi connectivity index (χ3n) is 6.06. The lowest BCUT2D eigenvalue weighted by molar-refractivity contribution is 0.105. The lowest BCUT2D eigenvalue weighted by Gasteiger charge is -2.15. The fraction of sp³-hybridized carbons (Fsp3) is 0.276. The van der Waals surface area contributed by atoms with E-state index >= 15 is 0 Å². The molecule has 1 aliphatic rings. The number of ketones is 1. The zero-order valence-corrected chi connectivity index (χ0v) is 19.8. The molecule has 0 aliphatic carbocycles. The summed E-state index contributed by atoms with van der Waals surface area (Å²) in [4.78, 5) is 15.9. The quantitative estimate of drug-likeness (QED) is 0.225. The summed E-state index contributed by atoms with van der Waals surface area (Å²) in [5, 5.41) is 0. The highest BCUT2D eigenvalue weighted by Gasteiger charge is 2.16. The van der Waals surface area contributed by atoms with Crippen molar-refractivity contribution in [3.8, 4) is 17.2 Å². The van der Waals surface area contributed by atoms with Crippen LogP contribution in [-0.2, 0) is 0 Å². The first-order chi connectivity index (χ1) is 16.7. The largest absolute Gasteiger partial charge is 0.497 e. The molecule has 1 heterocycles. The first-order valence-corrected chi connectivity index (χ1v) is 11.7. The second-order valence-corrected chi connectivity index (χ2v) is 8.31. The van der Waals surface area contributed by atoms with Crippen LogP contribution >= 0.6 is 0 Å². The molecule has 3 aromatic carbocycles. The number of rotatable bonds is 10. The molecule has 0 radical (unpaired) electrons. The fourth-order valence-electron chi connectivity index (χ4n) is 4.07. The number of allylic oxidation sites excluding steroid dienone is 1. The molecule has 1 aliphatic heterocycles. The second kappa shape index (κ2) is 11.5. The zero-order valence-electron chi connectivity index (χ0n) is 19.8. The Labute approximate surface area is 201 Å². The van der Waals surface area contributed by atoms with Gasteiger partial charge in [0.1, 0.15) is 23.9 Å². The number of carbonyl (C=O) groups is 1. The highest BCUT2D eigenvalue weighted by Crippen LogP contribution is 2.27. The van der Waals surface area contributed by atoms with Crippen LogP contribution in [0.25, 0.3) is 11.6 Å². The van der Waals surface area contributed by atoms with Crippen molar-refractivity contribution in [2.75, 3.05) is 40.5 Å². The van der Waals surface area contributed by atoms with Gasteiger partial charge in [-0.3, -0.25) is 9.69 Å². The van der Waals surface area contributed by atoms with E-state index in [0.29, 0.717) is 23.5 Å². The van der Waals surface area contributed by atoms with Gasteiger partial charge in [0.05, 0.1) is 14.2 Å². The summed E-state index contributed by atoms with van der Waals surface area (Å²) in [6.45, 7) is 3.93. The number of methoxy groups -OCH3 is 2. The van der Waals surface area contributed by atoms with E-state index in [1.165, 1.54) is 12.8 Å². The molecule has 0 bridgehead atoms. The summed E-state index contributed by atoms with van der Waals surface area (Å²) in [5.41, 5.74) is 2.97.